The van der Waals surface area contributed by atoms with Crippen LogP contribution in [0, 0.1) is 0 Å². The number of aromatic nitrogens is 2. The van der Waals surface area contributed by atoms with Gasteiger partial charge in [0.2, 0.25) is 0 Å². The number of hydrogen-bond donors (Lipinski definition) is 0. The maximum Gasteiger partial charge on any atom is 0.330 e. The summed E-state index contributed by atoms with van der Waals surface area (Å²) < 4.78 is 20.3. The zero-order valence-electron chi connectivity index (χ0n) is 22.5. The SMILES string of the molecule is C=CC(=O)OCCOC(=O)CCC1(CCC(=O)OCCOC(=O)C=C)c2ccccc2-c2nc3ccccc3nc21. The first kappa shape index (κ1) is 29.1. The summed E-state index contributed by atoms with van der Waals surface area (Å²) in [7, 11) is 0. The minimum absolute atomic E-state index is 0.0181. The third kappa shape index (κ3) is 6.84. The van der Waals surface area contributed by atoms with Gasteiger partial charge in [-0.3, -0.25) is 9.59 Å². The number of para-hydroxylation sites is 2. The van der Waals surface area contributed by atoms with Crippen molar-refractivity contribution >= 4 is 34.9 Å². The highest BCUT2D eigenvalue weighted by Gasteiger charge is 2.46. The number of benzene rings is 2. The number of carbonyl (C=O) groups is 4. The van der Waals surface area contributed by atoms with Crippen LogP contribution in [0.3, 0.4) is 0 Å². The predicted octanol–water partition coefficient (Wildman–Crippen LogP) is 4.00. The molecule has 0 amide bonds. The molecule has 3 aromatic rings. The van der Waals surface area contributed by atoms with Crippen molar-refractivity contribution in [1.82, 2.24) is 9.97 Å². The van der Waals surface area contributed by atoms with Crippen molar-refractivity contribution in [2.45, 2.75) is 31.1 Å². The van der Waals surface area contributed by atoms with Crippen LogP contribution < -0.4 is 0 Å². The first-order valence-electron chi connectivity index (χ1n) is 13.1. The Morgan fingerprint density at radius 1 is 0.683 bits per heavy atom. The number of esters is 4. The van der Waals surface area contributed by atoms with Crippen LogP contribution >= 0.6 is 0 Å². The molecule has 41 heavy (non-hydrogen) atoms. The van der Waals surface area contributed by atoms with E-state index in [1.807, 2.05) is 48.5 Å². The van der Waals surface area contributed by atoms with Crippen molar-refractivity contribution in [2.24, 2.45) is 0 Å². The molecule has 4 rings (SSSR count). The van der Waals surface area contributed by atoms with Crippen molar-refractivity contribution < 1.29 is 38.1 Å². The van der Waals surface area contributed by atoms with E-state index in [1.54, 1.807) is 0 Å². The summed E-state index contributed by atoms with van der Waals surface area (Å²) in [5.41, 5.74) is 3.78. The van der Waals surface area contributed by atoms with Crippen LogP contribution in [0.25, 0.3) is 22.3 Å². The van der Waals surface area contributed by atoms with Crippen LogP contribution in [0.2, 0.25) is 0 Å². The van der Waals surface area contributed by atoms with Gasteiger partial charge >= 0.3 is 23.9 Å². The summed E-state index contributed by atoms with van der Waals surface area (Å²) in [6.07, 6.45) is 2.68. The lowest BCUT2D eigenvalue weighted by Crippen LogP contribution is -2.29. The zero-order chi connectivity index (χ0) is 29.2. The standard InChI is InChI=1S/C31H30N2O8/c1-3-25(34)38-17-19-40-27(36)13-15-31(16-14-28(37)41-20-18-39-26(35)4-2)22-10-6-5-9-21(22)29-30(31)33-24-12-8-7-11-23(24)32-29/h3-12H,1-2,13-20H2. The van der Waals surface area contributed by atoms with Crippen LogP contribution in [-0.2, 0) is 43.5 Å². The molecule has 2 aromatic carbocycles. The molecule has 0 atom stereocenters. The minimum atomic E-state index is -0.828. The molecule has 0 bridgehead atoms. The molecule has 0 N–H and O–H groups in total. The molecule has 0 saturated heterocycles. The number of ether oxygens (including phenoxy) is 4. The molecule has 1 heterocycles. The molecule has 0 saturated carbocycles. The molecule has 1 aromatic heterocycles. The van der Waals surface area contributed by atoms with E-state index in [-0.39, 0.29) is 39.3 Å². The quantitative estimate of drug-likeness (QED) is 0.124. The van der Waals surface area contributed by atoms with Crippen molar-refractivity contribution in [1.29, 1.82) is 0 Å². The topological polar surface area (TPSA) is 131 Å². The molecular weight excluding hydrogens is 528 g/mol. The summed E-state index contributed by atoms with van der Waals surface area (Å²) in [5.74, 6) is -2.16. The molecule has 0 radical (unpaired) electrons. The summed E-state index contributed by atoms with van der Waals surface area (Å²) in [6.45, 7) is 6.29. The Morgan fingerprint density at radius 2 is 1.17 bits per heavy atom. The van der Waals surface area contributed by atoms with Crippen molar-refractivity contribution in [3.8, 4) is 11.3 Å². The largest absolute Gasteiger partial charge is 0.462 e. The van der Waals surface area contributed by atoms with Gasteiger partial charge in [0.1, 0.15) is 26.4 Å². The minimum Gasteiger partial charge on any atom is -0.462 e. The Balaban J connectivity index is 1.57. The van der Waals surface area contributed by atoms with Gasteiger partial charge in [-0.1, -0.05) is 49.6 Å². The maximum absolute atomic E-state index is 12.7. The number of nitrogens with zero attached hydrogens (tertiary/aromatic N) is 2. The zero-order valence-corrected chi connectivity index (χ0v) is 22.5. The molecule has 0 fully saturated rings. The van der Waals surface area contributed by atoms with Gasteiger partial charge in [0.05, 0.1) is 22.4 Å². The van der Waals surface area contributed by atoms with Crippen LogP contribution in [-0.4, -0.2) is 60.3 Å². The second-order valence-corrected chi connectivity index (χ2v) is 9.22. The fourth-order valence-corrected chi connectivity index (χ4v) is 4.88. The number of fused-ring (bicyclic) bond motifs is 4. The van der Waals surface area contributed by atoms with Crippen molar-refractivity contribution in [3.05, 3.63) is 85.1 Å². The lowest BCUT2D eigenvalue weighted by molar-refractivity contribution is -0.150. The first-order valence-corrected chi connectivity index (χ1v) is 13.1. The highest BCUT2D eigenvalue weighted by atomic mass is 16.6. The van der Waals surface area contributed by atoms with Crippen LogP contribution in [0.1, 0.15) is 36.9 Å². The summed E-state index contributed by atoms with van der Waals surface area (Å²) in [6, 6.07) is 15.3. The lowest BCUT2D eigenvalue weighted by atomic mass is 9.73. The van der Waals surface area contributed by atoms with Crippen LogP contribution in [0.5, 0.6) is 0 Å². The average molecular weight is 559 g/mol. The monoisotopic (exact) mass is 558 g/mol. The van der Waals surface area contributed by atoms with E-state index in [4.69, 9.17) is 28.9 Å². The number of hydrogen-bond acceptors (Lipinski definition) is 10. The maximum atomic E-state index is 12.7. The Bertz CT molecular complexity index is 1440. The van der Waals surface area contributed by atoms with Gasteiger partial charge in [-0.05, 0) is 30.5 Å². The highest BCUT2D eigenvalue weighted by Crippen LogP contribution is 2.52. The van der Waals surface area contributed by atoms with E-state index in [0.717, 1.165) is 28.8 Å². The van der Waals surface area contributed by atoms with Gasteiger partial charge in [0.15, 0.2) is 0 Å². The molecule has 1 aliphatic carbocycles. The molecule has 0 aliphatic heterocycles. The number of rotatable bonds is 14. The van der Waals surface area contributed by atoms with E-state index in [9.17, 15) is 19.2 Å². The second kappa shape index (κ2) is 13.5. The van der Waals surface area contributed by atoms with E-state index in [2.05, 4.69) is 13.2 Å². The predicted molar refractivity (Wildman–Crippen MR) is 148 cm³/mol. The number of carbonyl (C=O) groups excluding carboxylic acids is 4. The van der Waals surface area contributed by atoms with E-state index < -0.39 is 29.3 Å². The van der Waals surface area contributed by atoms with E-state index in [0.29, 0.717) is 29.7 Å². The molecule has 1 aliphatic rings. The fourth-order valence-electron chi connectivity index (χ4n) is 4.88. The van der Waals surface area contributed by atoms with Gasteiger partial charge in [0, 0.05) is 36.0 Å². The Labute approximate surface area is 237 Å². The molecule has 10 nitrogen and oxygen atoms in total. The normalized spacial score (nSPS) is 12.5. The molecule has 0 unspecified atom stereocenters. The van der Waals surface area contributed by atoms with Gasteiger partial charge < -0.3 is 18.9 Å². The van der Waals surface area contributed by atoms with Crippen LogP contribution in [0.4, 0.5) is 0 Å². The van der Waals surface area contributed by atoms with Crippen molar-refractivity contribution in [3.63, 3.8) is 0 Å². The average Bonchev–Trinajstić information content (AvgIpc) is 3.26. The van der Waals surface area contributed by atoms with Gasteiger partial charge in [-0.15, -0.1) is 0 Å². The molecule has 0 spiro atoms. The summed E-state index contributed by atoms with van der Waals surface area (Å²) in [5, 5.41) is 0. The van der Waals surface area contributed by atoms with Crippen LogP contribution in [0.15, 0.2) is 73.8 Å². The summed E-state index contributed by atoms with van der Waals surface area (Å²) in [4.78, 5) is 57.8. The van der Waals surface area contributed by atoms with E-state index in [1.165, 1.54) is 0 Å². The van der Waals surface area contributed by atoms with Gasteiger partial charge in [0.25, 0.3) is 0 Å². The smallest absolute Gasteiger partial charge is 0.330 e. The molecular formula is C31H30N2O8. The summed E-state index contributed by atoms with van der Waals surface area (Å²) >= 11 is 0. The van der Waals surface area contributed by atoms with Gasteiger partial charge in [-0.25, -0.2) is 19.6 Å². The third-order valence-electron chi connectivity index (χ3n) is 6.75. The fraction of sp³-hybridized carbons (Fsp3) is 0.290. The second-order valence-electron chi connectivity index (χ2n) is 9.22. The van der Waals surface area contributed by atoms with Crippen molar-refractivity contribution in [2.75, 3.05) is 26.4 Å². The Morgan fingerprint density at radius 3 is 1.73 bits per heavy atom. The van der Waals surface area contributed by atoms with Gasteiger partial charge in [-0.2, -0.15) is 0 Å². The first-order chi connectivity index (χ1) is 19.9. The third-order valence-corrected chi connectivity index (χ3v) is 6.75. The molecule has 10 heteroatoms. The Hall–Kier alpha value is -4.86. The lowest BCUT2D eigenvalue weighted by Gasteiger charge is -2.30. The highest BCUT2D eigenvalue weighted by molar-refractivity contribution is 5.85. The Kier molecular flexibility index (Phi) is 9.57. The van der Waals surface area contributed by atoms with E-state index >= 15 is 0 Å². The molecule has 212 valence electrons.